The molecule has 1 aromatic rings. The molecule has 0 aromatic carbocycles. The molecule has 1 atom stereocenters. The molecule has 18 heavy (non-hydrogen) atoms. The number of carboxylic acid groups (broad SMARTS) is 1. The van der Waals surface area contributed by atoms with Crippen LogP contribution in [-0.2, 0) is 11.2 Å². The second-order valence-electron chi connectivity index (χ2n) is 4.81. The Hall–Kier alpha value is -0.910. The molecule has 0 aliphatic carbocycles. The minimum absolute atomic E-state index is 0.333. The Morgan fingerprint density at radius 2 is 2.17 bits per heavy atom. The molecule has 2 heterocycles. The number of rotatable bonds is 5. The Bertz CT molecular complexity index is 372. The number of piperazine rings is 1. The smallest absolute Gasteiger partial charge is 0.320 e. The number of hydrogen-bond acceptors (Lipinski definition) is 4. The monoisotopic (exact) mass is 268 g/mol. The molecule has 1 N–H and O–H groups in total. The molecular formula is C13H20N2O2S. The molecule has 100 valence electrons. The molecule has 0 saturated carbocycles. The summed E-state index contributed by atoms with van der Waals surface area (Å²) in [6.07, 6.45) is 1.57. The first-order valence-electron chi connectivity index (χ1n) is 6.34. The van der Waals surface area contributed by atoms with Gasteiger partial charge < -0.3 is 10.0 Å². The highest BCUT2D eigenvalue weighted by atomic mass is 32.1. The van der Waals surface area contributed by atoms with Crippen molar-refractivity contribution in [2.24, 2.45) is 0 Å². The van der Waals surface area contributed by atoms with Crippen LogP contribution in [-0.4, -0.2) is 60.1 Å². The van der Waals surface area contributed by atoms with Gasteiger partial charge in [-0.15, -0.1) is 11.3 Å². The van der Waals surface area contributed by atoms with Gasteiger partial charge in [0, 0.05) is 31.1 Å². The molecular weight excluding hydrogens is 248 g/mol. The third kappa shape index (κ3) is 3.54. The van der Waals surface area contributed by atoms with Crippen LogP contribution in [0.4, 0.5) is 0 Å². The van der Waals surface area contributed by atoms with E-state index in [1.54, 1.807) is 11.3 Å². The lowest BCUT2D eigenvalue weighted by Gasteiger charge is -2.36. The quantitative estimate of drug-likeness (QED) is 0.876. The first-order chi connectivity index (χ1) is 8.66. The number of likely N-dealkylation sites (N-methyl/N-ethyl adjacent to an activating group) is 1. The fourth-order valence-electron chi connectivity index (χ4n) is 2.33. The van der Waals surface area contributed by atoms with Crippen molar-refractivity contribution in [3.63, 3.8) is 0 Å². The minimum Gasteiger partial charge on any atom is -0.480 e. The Kier molecular flexibility index (Phi) is 4.74. The molecule has 0 amide bonds. The maximum Gasteiger partial charge on any atom is 0.320 e. The second kappa shape index (κ2) is 6.31. The van der Waals surface area contributed by atoms with Crippen molar-refractivity contribution in [1.29, 1.82) is 0 Å². The van der Waals surface area contributed by atoms with Crippen molar-refractivity contribution < 1.29 is 9.90 Å². The van der Waals surface area contributed by atoms with Gasteiger partial charge in [-0.05, 0) is 31.3 Å². The molecule has 1 fully saturated rings. The highest BCUT2D eigenvalue weighted by Crippen LogP contribution is 2.16. The number of thiophene rings is 1. The summed E-state index contributed by atoms with van der Waals surface area (Å²) in [7, 11) is 2.08. The van der Waals surface area contributed by atoms with Crippen LogP contribution in [0.1, 0.15) is 11.3 Å². The Morgan fingerprint density at radius 3 is 2.72 bits per heavy atom. The Balaban J connectivity index is 1.89. The summed E-state index contributed by atoms with van der Waals surface area (Å²) in [6, 6.07) is 3.76. The van der Waals surface area contributed by atoms with Gasteiger partial charge in [-0.25, -0.2) is 0 Å². The summed E-state index contributed by atoms with van der Waals surface area (Å²) in [5.41, 5.74) is 0. The normalized spacial score (nSPS) is 19.8. The van der Waals surface area contributed by atoms with E-state index in [1.165, 1.54) is 4.88 Å². The van der Waals surface area contributed by atoms with Gasteiger partial charge in [0.2, 0.25) is 0 Å². The molecule has 1 unspecified atom stereocenters. The van der Waals surface area contributed by atoms with Gasteiger partial charge in [-0.2, -0.15) is 0 Å². The minimum atomic E-state index is -0.684. The van der Waals surface area contributed by atoms with Crippen LogP contribution in [0.25, 0.3) is 0 Å². The number of aryl methyl sites for hydroxylation is 1. The van der Waals surface area contributed by atoms with Gasteiger partial charge in [-0.3, -0.25) is 9.69 Å². The van der Waals surface area contributed by atoms with E-state index in [-0.39, 0.29) is 6.04 Å². The molecule has 1 saturated heterocycles. The molecule has 5 heteroatoms. The number of aliphatic carboxylic acids is 1. The van der Waals surface area contributed by atoms with E-state index >= 15 is 0 Å². The largest absolute Gasteiger partial charge is 0.480 e. The zero-order valence-corrected chi connectivity index (χ0v) is 11.5. The van der Waals surface area contributed by atoms with Gasteiger partial charge in [-0.1, -0.05) is 6.07 Å². The van der Waals surface area contributed by atoms with Crippen LogP contribution in [0.2, 0.25) is 0 Å². The van der Waals surface area contributed by atoms with Crippen LogP contribution in [0.15, 0.2) is 17.5 Å². The molecule has 0 bridgehead atoms. The van der Waals surface area contributed by atoms with Gasteiger partial charge in [0.25, 0.3) is 0 Å². The lowest BCUT2D eigenvalue weighted by molar-refractivity contribution is -0.144. The highest BCUT2D eigenvalue weighted by Gasteiger charge is 2.27. The molecule has 1 aliphatic rings. The van der Waals surface area contributed by atoms with Crippen molar-refractivity contribution in [3.8, 4) is 0 Å². The van der Waals surface area contributed by atoms with E-state index in [2.05, 4.69) is 22.9 Å². The lowest BCUT2D eigenvalue weighted by atomic mass is 10.1. The van der Waals surface area contributed by atoms with E-state index < -0.39 is 5.97 Å². The summed E-state index contributed by atoms with van der Waals surface area (Å²) in [5.74, 6) is -0.684. The standard InChI is InChI=1S/C13H20N2O2S/c1-14-6-8-15(9-7-14)12(13(16)17)5-4-11-3-2-10-18-11/h2-3,10,12H,4-9H2,1H3,(H,16,17). The number of nitrogens with zero attached hydrogens (tertiary/aromatic N) is 2. The van der Waals surface area contributed by atoms with Crippen molar-refractivity contribution in [1.82, 2.24) is 9.80 Å². The van der Waals surface area contributed by atoms with Crippen LogP contribution < -0.4 is 0 Å². The fraction of sp³-hybridized carbons (Fsp3) is 0.615. The summed E-state index contributed by atoms with van der Waals surface area (Å²) in [5, 5.41) is 11.4. The Morgan fingerprint density at radius 1 is 1.44 bits per heavy atom. The summed E-state index contributed by atoms with van der Waals surface area (Å²) in [6.45, 7) is 3.64. The summed E-state index contributed by atoms with van der Waals surface area (Å²) >= 11 is 1.70. The van der Waals surface area contributed by atoms with E-state index in [4.69, 9.17) is 0 Å². The zero-order chi connectivity index (χ0) is 13.0. The third-order valence-electron chi connectivity index (χ3n) is 3.51. The first-order valence-corrected chi connectivity index (χ1v) is 7.22. The number of hydrogen-bond donors (Lipinski definition) is 1. The summed E-state index contributed by atoms with van der Waals surface area (Å²) in [4.78, 5) is 17.0. The molecule has 4 nitrogen and oxygen atoms in total. The fourth-order valence-corrected chi connectivity index (χ4v) is 3.05. The van der Waals surface area contributed by atoms with Gasteiger partial charge >= 0.3 is 5.97 Å². The van der Waals surface area contributed by atoms with Crippen molar-refractivity contribution in [2.45, 2.75) is 18.9 Å². The maximum absolute atomic E-state index is 11.4. The SMILES string of the molecule is CN1CCN(C(CCc2cccs2)C(=O)O)CC1. The lowest BCUT2D eigenvalue weighted by Crippen LogP contribution is -2.51. The average Bonchev–Trinajstić information content (AvgIpc) is 2.84. The topological polar surface area (TPSA) is 43.8 Å². The first kappa shape index (κ1) is 13.5. The molecule has 1 aliphatic heterocycles. The Labute approximate surface area is 112 Å². The predicted octanol–water partition coefficient (Wildman–Crippen LogP) is 1.38. The average molecular weight is 268 g/mol. The number of carboxylic acids is 1. The predicted molar refractivity (Wildman–Crippen MR) is 73.1 cm³/mol. The van der Waals surface area contributed by atoms with Crippen LogP contribution in [0, 0.1) is 0 Å². The van der Waals surface area contributed by atoms with Crippen molar-refractivity contribution >= 4 is 17.3 Å². The molecule has 2 rings (SSSR count). The third-order valence-corrected chi connectivity index (χ3v) is 4.44. The number of carbonyl (C=O) groups is 1. The van der Waals surface area contributed by atoms with Crippen LogP contribution >= 0.6 is 11.3 Å². The molecule has 1 aromatic heterocycles. The van der Waals surface area contributed by atoms with Crippen molar-refractivity contribution in [3.05, 3.63) is 22.4 Å². The molecule has 0 spiro atoms. The van der Waals surface area contributed by atoms with E-state index in [0.29, 0.717) is 6.42 Å². The maximum atomic E-state index is 11.4. The van der Waals surface area contributed by atoms with Crippen molar-refractivity contribution in [2.75, 3.05) is 33.2 Å². The van der Waals surface area contributed by atoms with E-state index in [9.17, 15) is 9.90 Å². The van der Waals surface area contributed by atoms with E-state index in [1.807, 2.05) is 11.4 Å². The van der Waals surface area contributed by atoms with Crippen LogP contribution in [0.5, 0.6) is 0 Å². The summed E-state index contributed by atoms with van der Waals surface area (Å²) < 4.78 is 0. The van der Waals surface area contributed by atoms with Gasteiger partial charge in [0.1, 0.15) is 6.04 Å². The second-order valence-corrected chi connectivity index (χ2v) is 5.84. The molecule has 0 radical (unpaired) electrons. The van der Waals surface area contributed by atoms with E-state index in [0.717, 1.165) is 32.6 Å². The van der Waals surface area contributed by atoms with Crippen LogP contribution in [0.3, 0.4) is 0 Å². The van der Waals surface area contributed by atoms with Gasteiger partial charge in [0.15, 0.2) is 0 Å². The van der Waals surface area contributed by atoms with Gasteiger partial charge in [0.05, 0.1) is 0 Å². The zero-order valence-electron chi connectivity index (χ0n) is 10.7. The highest BCUT2D eigenvalue weighted by molar-refractivity contribution is 7.09.